The van der Waals surface area contributed by atoms with E-state index in [1.807, 2.05) is 6.08 Å². The third-order valence-corrected chi connectivity index (χ3v) is 1.71. The van der Waals surface area contributed by atoms with Gasteiger partial charge >= 0.3 is 0 Å². The second-order valence-electron chi connectivity index (χ2n) is 2.74. The predicted molar refractivity (Wildman–Crippen MR) is 44.5 cm³/mol. The lowest BCUT2D eigenvalue weighted by molar-refractivity contribution is -0.118. The van der Waals surface area contributed by atoms with Crippen molar-refractivity contribution in [2.45, 2.75) is 0 Å². The SMILES string of the molecule is C=CCN1CCNCC(=O)C1. The molecule has 1 aliphatic heterocycles. The highest BCUT2D eigenvalue weighted by Gasteiger charge is 2.12. The minimum absolute atomic E-state index is 0.268. The van der Waals surface area contributed by atoms with E-state index in [1.165, 1.54) is 0 Å². The molecule has 1 heterocycles. The Morgan fingerprint density at radius 2 is 2.55 bits per heavy atom. The fourth-order valence-corrected chi connectivity index (χ4v) is 1.19. The van der Waals surface area contributed by atoms with Crippen LogP contribution in [-0.2, 0) is 4.79 Å². The van der Waals surface area contributed by atoms with Gasteiger partial charge in [0.2, 0.25) is 0 Å². The fourth-order valence-electron chi connectivity index (χ4n) is 1.19. The van der Waals surface area contributed by atoms with Gasteiger partial charge in [0.05, 0.1) is 13.1 Å². The Balaban J connectivity index is 2.38. The van der Waals surface area contributed by atoms with Crippen LogP contribution in [0.5, 0.6) is 0 Å². The minimum Gasteiger partial charge on any atom is -0.309 e. The summed E-state index contributed by atoms with van der Waals surface area (Å²) in [7, 11) is 0. The molecule has 0 unspecified atom stereocenters. The van der Waals surface area contributed by atoms with Crippen LogP contribution in [0.25, 0.3) is 0 Å². The molecular weight excluding hydrogens is 140 g/mol. The summed E-state index contributed by atoms with van der Waals surface area (Å²) in [6.07, 6.45) is 1.83. The predicted octanol–water partition coefficient (Wildman–Crippen LogP) is -0.353. The third kappa shape index (κ3) is 2.82. The van der Waals surface area contributed by atoms with Crippen molar-refractivity contribution in [1.82, 2.24) is 10.2 Å². The number of nitrogens with zero attached hydrogens (tertiary/aromatic N) is 1. The molecule has 0 aromatic heterocycles. The van der Waals surface area contributed by atoms with Crippen molar-refractivity contribution >= 4 is 5.78 Å². The maximum Gasteiger partial charge on any atom is 0.160 e. The zero-order valence-electron chi connectivity index (χ0n) is 6.68. The normalized spacial score (nSPS) is 21.3. The standard InChI is InChI=1S/C8H14N2O/c1-2-4-10-5-3-9-6-8(11)7-10/h2,9H,1,3-7H2. The van der Waals surface area contributed by atoms with Gasteiger partial charge in [-0.3, -0.25) is 9.69 Å². The number of rotatable bonds is 2. The van der Waals surface area contributed by atoms with E-state index in [4.69, 9.17) is 0 Å². The molecule has 0 amide bonds. The average Bonchev–Trinajstić information content (AvgIpc) is 2.15. The zero-order valence-corrected chi connectivity index (χ0v) is 6.68. The Morgan fingerprint density at radius 3 is 3.27 bits per heavy atom. The van der Waals surface area contributed by atoms with E-state index in [2.05, 4.69) is 16.8 Å². The first kappa shape index (κ1) is 8.43. The molecule has 0 aliphatic carbocycles. The number of Topliss-reactive ketones (excluding diaryl/α,β-unsaturated/α-hetero) is 1. The molecule has 0 aromatic rings. The number of carbonyl (C=O) groups is 1. The van der Waals surface area contributed by atoms with E-state index in [1.54, 1.807) is 0 Å². The van der Waals surface area contributed by atoms with Crippen molar-refractivity contribution < 1.29 is 4.79 Å². The summed E-state index contributed by atoms with van der Waals surface area (Å²) in [5.74, 6) is 0.268. The number of nitrogens with one attached hydrogen (secondary N) is 1. The Morgan fingerprint density at radius 1 is 1.73 bits per heavy atom. The van der Waals surface area contributed by atoms with Crippen LogP contribution in [-0.4, -0.2) is 43.4 Å². The van der Waals surface area contributed by atoms with Gasteiger partial charge in [-0.05, 0) is 0 Å². The zero-order chi connectivity index (χ0) is 8.10. The van der Waals surface area contributed by atoms with E-state index in [0.29, 0.717) is 13.1 Å². The van der Waals surface area contributed by atoms with Crippen molar-refractivity contribution in [3.8, 4) is 0 Å². The highest BCUT2D eigenvalue weighted by Crippen LogP contribution is 1.91. The van der Waals surface area contributed by atoms with Gasteiger partial charge < -0.3 is 5.32 Å². The molecule has 0 atom stereocenters. The number of ketones is 1. The molecular formula is C8H14N2O. The van der Waals surface area contributed by atoms with Crippen molar-refractivity contribution in [2.75, 3.05) is 32.7 Å². The van der Waals surface area contributed by atoms with E-state index in [0.717, 1.165) is 19.6 Å². The van der Waals surface area contributed by atoms with E-state index >= 15 is 0 Å². The van der Waals surface area contributed by atoms with E-state index in [9.17, 15) is 4.79 Å². The Bertz CT molecular complexity index is 156. The highest BCUT2D eigenvalue weighted by molar-refractivity contribution is 5.82. The quantitative estimate of drug-likeness (QED) is 0.552. The van der Waals surface area contributed by atoms with Gasteiger partial charge in [-0.2, -0.15) is 0 Å². The molecule has 11 heavy (non-hydrogen) atoms. The van der Waals surface area contributed by atoms with Gasteiger partial charge in [-0.1, -0.05) is 6.08 Å². The summed E-state index contributed by atoms with van der Waals surface area (Å²) in [5.41, 5.74) is 0. The number of hydrogen-bond acceptors (Lipinski definition) is 3. The average molecular weight is 154 g/mol. The highest BCUT2D eigenvalue weighted by atomic mass is 16.1. The van der Waals surface area contributed by atoms with Crippen LogP contribution in [0.15, 0.2) is 12.7 Å². The van der Waals surface area contributed by atoms with Crippen molar-refractivity contribution in [3.63, 3.8) is 0 Å². The smallest absolute Gasteiger partial charge is 0.160 e. The second kappa shape index (κ2) is 4.26. The Labute approximate surface area is 67.1 Å². The summed E-state index contributed by atoms with van der Waals surface area (Å²) in [5, 5.41) is 3.06. The molecule has 0 bridgehead atoms. The van der Waals surface area contributed by atoms with Gasteiger partial charge in [-0.25, -0.2) is 0 Å². The van der Waals surface area contributed by atoms with Gasteiger partial charge in [0, 0.05) is 19.6 Å². The van der Waals surface area contributed by atoms with Crippen LogP contribution >= 0.6 is 0 Å². The lowest BCUT2D eigenvalue weighted by Gasteiger charge is -2.15. The van der Waals surface area contributed by atoms with Crippen LogP contribution in [0.3, 0.4) is 0 Å². The molecule has 1 rings (SSSR count). The van der Waals surface area contributed by atoms with Gasteiger partial charge in [0.15, 0.2) is 5.78 Å². The van der Waals surface area contributed by atoms with Crippen molar-refractivity contribution in [1.29, 1.82) is 0 Å². The summed E-state index contributed by atoms with van der Waals surface area (Å²) in [4.78, 5) is 13.1. The summed E-state index contributed by atoms with van der Waals surface area (Å²) in [6.45, 7) is 7.38. The van der Waals surface area contributed by atoms with Gasteiger partial charge in [-0.15, -0.1) is 6.58 Å². The van der Waals surface area contributed by atoms with Gasteiger partial charge in [0.1, 0.15) is 0 Å². The molecule has 0 spiro atoms. The molecule has 3 heteroatoms. The van der Waals surface area contributed by atoms with Crippen LogP contribution < -0.4 is 5.32 Å². The van der Waals surface area contributed by atoms with Crippen molar-refractivity contribution in [3.05, 3.63) is 12.7 Å². The van der Waals surface area contributed by atoms with E-state index in [-0.39, 0.29) is 5.78 Å². The van der Waals surface area contributed by atoms with Crippen LogP contribution in [0.2, 0.25) is 0 Å². The van der Waals surface area contributed by atoms with Gasteiger partial charge in [0.25, 0.3) is 0 Å². The molecule has 62 valence electrons. The lowest BCUT2D eigenvalue weighted by Crippen LogP contribution is -2.30. The molecule has 1 saturated heterocycles. The summed E-state index contributed by atoms with van der Waals surface area (Å²) >= 11 is 0. The lowest BCUT2D eigenvalue weighted by atomic mass is 10.3. The fraction of sp³-hybridized carbons (Fsp3) is 0.625. The topological polar surface area (TPSA) is 32.3 Å². The molecule has 1 fully saturated rings. The molecule has 1 N–H and O–H groups in total. The first-order chi connectivity index (χ1) is 5.33. The molecule has 0 saturated carbocycles. The first-order valence-corrected chi connectivity index (χ1v) is 3.88. The Kier molecular flexibility index (Phi) is 3.26. The number of hydrogen-bond donors (Lipinski definition) is 1. The van der Waals surface area contributed by atoms with Crippen LogP contribution in [0.4, 0.5) is 0 Å². The van der Waals surface area contributed by atoms with Crippen LogP contribution in [0.1, 0.15) is 0 Å². The Hall–Kier alpha value is -0.670. The first-order valence-electron chi connectivity index (χ1n) is 3.88. The molecule has 3 nitrogen and oxygen atoms in total. The van der Waals surface area contributed by atoms with E-state index < -0.39 is 0 Å². The van der Waals surface area contributed by atoms with Crippen molar-refractivity contribution in [2.24, 2.45) is 0 Å². The minimum atomic E-state index is 0.268. The molecule has 0 aromatic carbocycles. The maximum atomic E-state index is 11.0. The molecule has 0 radical (unpaired) electrons. The van der Waals surface area contributed by atoms with Crippen LogP contribution in [0, 0.1) is 0 Å². The summed E-state index contributed by atoms with van der Waals surface area (Å²) < 4.78 is 0. The monoisotopic (exact) mass is 154 g/mol. The number of carbonyl (C=O) groups excluding carboxylic acids is 1. The largest absolute Gasteiger partial charge is 0.309 e. The molecule has 1 aliphatic rings. The maximum absolute atomic E-state index is 11.0. The summed E-state index contributed by atoms with van der Waals surface area (Å²) in [6, 6.07) is 0. The third-order valence-electron chi connectivity index (χ3n) is 1.71. The second-order valence-corrected chi connectivity index (χ2v) is 2.74.